The zero-order chi connectivity index (χ0) is 15.6. The van der Waals surface area contributed by atoms with Crippen molar-refractivity contribution < 1.29 is 9.59 Å². The first kappa shape index (κ1) is 13.1. The molecule has 1 aliphatic carbocycles. The van der Waals surface area contributed by atoms with Crippen molar-refractivity contribution >= 4 is 54.5 Å². The minimum Gasteiger partial charge on any atom is -0.293 e. The number of hydrogen-bond acceptors (Lipinski definition) is 5. The maximum absolute atomic E-state index is 12.6. The van der Waals surface area contributed by atoms with E-state index < -0.39 is 5.92 Å². The Morgan fingerprint density at radius 1 is 0.870 bits per heavy atom. The van der Waals surface area contributed by atoms with Gasteiger partial charge in [0.15, 0.2) is 11.6 Å². The molecule has 0 bridgehead atoms. The fraction of sp³-hybridized carbons (Fsp3) is 0.0556. The molecule has 2 aromatic carbocycles. The second kappa shape index (κ2) is 4.57. The Morgan fingerprint density at radius 2 is 1.57 bits per heavy atom. The largest absolute Gasteiger partial charge is 0.293 e. The normalized spacial score (nSPS) is 15.0. The van der Waals surface area contributed by atoms with Gasteiger partial charge in [-0.15, -0.1) is 22.7 Å². The average molecular weight is 335 g/mol. The molecule has 5 rings (SSSR count). The standard InChI is InChI=1S/C18H9NO2S2/c20-16-9-3-1-2-4-10(9)17(21)14(16)18-19-15-11-7-8-22-12(11)5-6-13(15)23-18/h1-8,14H. The maximum atomic E-state index is 12.6. The summed E-state index contributed by atoms with van der Waals surface area (Å²) >= 11 is 3.11. The summed E-state index contributed by atoms with van der Waals surface area (Å²) in [5, 5.41) is 3.72. The lowest BCUT2D eigenvalue weighted by atomic mass is 10.1. The van der Waals surface area contributed by atoms with Crippen LogP contribution in [-0.4, -0.2) is 16.6 Å². The van der Waals surface area contributed by atoms with Gasteiger partial charge in [0.2, 0.25) is 0 Å². The Balaban J connectivity index is 1.72. The van der Waals surface area contributed by atoms with Gasteiger partial charge in [-0.3, -0.25) is 9.59 Å². The van der Waals surface area contributed by atoms with Gasteiger partial charge in [0.05, 0.1) is 10.2 Å². The number of nitrogens with zero attached hydrogens (tertiary/aromatic N) is 1. The molecule has 2 heterocycles. The van der Waals surface area contributed by atoms with Crippen LogP contribution in [0.2, 0.25) is 0 Å². The molecule has 2 aromatic heterocycles. The number of hydrogen-bond donors (Lipinski definition) is 0. The monoisotopic (exact) mass is 335 g/mol. The van der Waals surface area contributed by atoms with Crippen LogP contribution in [0.3, 0.4) is 0 Å². The third-order valence-corrected chi connectivity index (χ3v) is 6.20. The van der Waals surface area contributed by atoms with Crippen molar-refractivity contribution in [2.75, 3.05) is 0 Å². The summed E-state index contributed by atoms with van der Waals surface area (Å²) in [4.78, 5) is 30.0. The SMILES string of the molecule is O=C1c2ccccc2C(=O)C1c1nc2c(ccc3sccc32)s1. The van der Waals surface area contributed by atoms with Crippen LogP contribution >= 0.6 is 22.7 Å². The van der Waals surface area contributed by atoms with Crippen LogP contribution in [0.25, 0.3) is 20.3 Å². The molecule has 0 aliphatic heterocycles. The number of Topliss-reactive ketones (excluding diaryl/α,β-unsaturated/α-hetero) is 2. The van der Waals surface area contributed by atoms with E-state index >= 15 is 0 Å². The third-order valence-electron chi connectivity index (χ3n) is 4.24. The Labute approximate surface area is 139 Å². The highest BCUT2D eigenvalue weighted by Gasteiger charge is 2.41. The molecule has 0 saturated heterocycles. The number of ketones is 2. The van der Waals surface area contributed by atoms with Crippen LogP contribution in [0.15, 0.2) is 47.8 Å². The molecular weight excluding hydrogens is 326 g/mol. The zero-order valence-electron chi connectivity index (χ0n) is 11.8. The Morgan fingerprint density at radius 3 is 2.30 bits per heavy atom. The first-order valence-electron chi connectivity index (χ1n) is 7.18. The lowest BCUT2D eigenvalue weighted by molar-refractivity contribution is 0.0890. The highest BCUT2D eigenvalue weighted by molar-refractivity contribution is 7.20. The van der Waals surface area contributed by atoms with Crippen molar-refractivity contribution in [3.63, 3.8) is 0 Å². The van der Waals surface area contributed by atoms with Gasteiger partial charge in [-0.2, -0.15) is 0 Å². The highest BCUT2D eigenvalue weighted by atomic mass is 32.1. The van der Waals surface area contributed by atoms with E-state index in [-0.39, 0.29) is 11.6 Å². The Bertz CT molecular complexity index is 1090. The lowest BCUT2D eigenvalue weighted by Gasteiger charge is -2.00. The van der Waals surface area contributed by atoms with Crippen LogP contribution in [-0.2, 0) is 0 Å². The van der Waals surface area contributed by atoms with E-state index in [0.717, 1.165) is 15.6 Å². The molecule has 1 aliphatic rings. The second-order valence-electron chi connectivity index (χ2n) is 5.50. The summed E-state index contributed by atoms with van der Waals surface area (Å²) in [7, 11) is 0. The summed E-state index contributed by atoms with van der Waals surface area (Å²) in [6, 6.07) is 13.2. The van der Waals surface area contributed by atoms with Crippen LogP contribution in [0.4, 0.5) is 0 Å². The number of thiophene rings is 1. The van der Waals surface area contributed by atoms with Gasteiger partial charge in [-0.1, -0.05) is 24.3 Å². The number of benzene rings is 2. The highest BCUT2D eigenvalue weighted by Crippen LogP contribution is 2.39. The van der Waals surface area contributed by atoms with Crippen molar-refractivity contribution in [2.24, 2.45) is 0 Å². The van der Waals surface area contributed by atoms with Gasteiger partial charge in [0.25, 0.3) is 0 Å². The summed E-state index contributed by atoms with van der Waals surface area (Å²) in [5.74, 6) is -1.05. The minimum absolute atomic E-state index is 0.133. The van der Waals surface area contributed by atoms with E-state index in [4.69, 9.17) is 0 Å². The predicted octanol–water partition coefficient (Wildman–Crippen LogP) is 4.67. The van der Waals surface area contributed by atoms with Gasteiger partial charge < -0.3 is 0 Å². The molecule has 0 saturated carbocycles. The maximum Gasteiger partial charge on any atom is 0.181 e. The van der Waals surface area contributed by atoms with Crippen LogP contribution in [0.5, 0.6) is 0 Å². The average Bonchev–Trinajstić information content (AvgIpc) is 3.24. The van der Waals surface area contributed by atoms with Crippen LogP contribution in [0.1, 0.15) is 31.6 Å². The van der Waals surface area contributed by atoms with Crippen molar-refractivity contribution in [2.45, 2.75) is 5.92 Å². The molecule has 110 valence electrons. The summed E-state index contributed by atoms with van der Waals surface area (Å²) in [6.45, 7) is 0. The summed E-state index contributed by atoms with van der Waals surface area (Å²) in [5.41, 5.74) is 1.92. The van der Waals surface area contributed by atoms with E-state index in [1.165, 1.54) is 16.0 Å². The molecule has 0 N–H and O–H groups in total. The number of rotatable bonds is 1. The van der Waals surface area contributed by atoms with Gasteiger partial charge in [-0.25, -0.2) is 4.98 Å². The molecule has 0 unspecified atom stereocenters. The number of thiazole rings is 1. The second-order valence-corrected chi connectivity index (χ2v) is 7.51. The van der Waals surface area contributed by atoms with E-state index in [1.54, 1.807) is 35.6 Å². The fourth-order valence-corrected chi connectivity index (χ4v) is 5.01. The number of fused-ring (bicyclic) bond motifs is 4. The summed E-state index contributed by atoms with van der Waals surface area (Å²) < 4.78 is 2.18. The number of carbonyl (C=O) groups excluding carboxylic acids is 2. The number of aromatic nitrogens is 1. The van der Waals surface area contributed by atoms with Crippen molar-refractivity contribution in [1.29, 1.82) is 0 Å². The topological polar surface area (TPSA) is 47.0 Å². The van der Waals surface area contributed by atoms with E-state index in [0.29, 0.717) is 16.1 Å². The van der Waals surface area contributed by atoms with E-state index in [9.17, 15) is 9.59 Å². The van der Waals surface area contributed by atoms with E-state index in [2.05, 4.69) is 11.1 Å². The Kier molecular flexibility index (Phi) is 2.60. The Hall–Kier alpha value is -2.37. The lowest BCUT2D eigenvalue weighted by Crippen LogP contribution is -2.12. The molecule has 5 heteroatoms. The van der Waals surface area contributed by atoms with Gasteiger partial charge in [0.1, 0.15) is 10.9 Å². The smallest absolute Gasteiger partial charge is 0.181 e. The predicted molar refractivity (Wildman–Crippen MR) is 92.8 cm³/mol. The van der Waals surface area contributed by atoms with Gasteiger partial charge >= 0.3 is 0 Å². The summed E-state index contributed by atoms with van der Waals surface area (Å²) in [6.07, 6.45) is 0. The van der Waals surface area contributed by atoms with Gasteiger partial charge in [-0.05, 0) is 23.6 Å². The van der Waals surface area contributed by atoms with Crippen LogP contribution in [0, 0.1) is 0 Å². The minimum atomic E-state index is -0.779. The first-order valence-corrected chi connectivity index (χ1v) is 8.88. The quantitative estimate of drug-likeness (QED) is 0.475. The molecule has 0 radical (unpaired) electrons. The van der Waals surface area contributed by atoms with Crippen molar-refractivity contribution in [1.82, 2.24) is 4.98 Å². The molecule has 0 fully saturated rings. The van der Waals surface area contributed by atoms with Crippen LogP contribution < -0.4 is 0 Å². The molecule has 0 spiro atoms. The van der Waals surface area contributed by atoms with Crippen molar-refractivity contribution in [3.05, 3.63) is 64.0 Å². The van der Waals surface area contributed by atoms with Gasteiger partial charge in [0, 0.05) is 21.2 Å². The molecule has 0 amide bonds. The molecule has 0 atom stereocenters. The molecule has 4 aromatic rings. The fourth-order valence-electron chi connectivity index (χ4n) is 3.14. The van der Waals surface area contributed by atoms with Crippen molar-refractivity contribution in [3.8, 4) is 0 Å². The first-order chi connectivity index (χ1) is 11.2. The number of carbonyl (C=O) groups is 2. The third kappa shape index (κ3) is 1.72. The molecular formula is C18H9NO2S2. The van der Waals surface area contributed by atoms with E-state index in [1.807, 2.05) is 17.5 Å². The zero-order valence-corrected chi connectivity index (χ0v) is 13.4. The molecule has 23 heavy (non-hydrogen) atoms. The molecule has 3 nitrogen and oxygen atoms in total.